The van der Waals surface area contributed by atoms with Gasteiger partial charge in [0.05, 0.1) is 10.4 Å². The molecule has 0 amide bonds. The van der Waals surface area contributed by atoms with Crippen molar-refractivity contribution in [3.63, 3.8) is 0 Å². The van der Waals surface area contributed by atoms with Crippen molar-refractivity contribution in [2.75, 3.05) is 0 Å². The Kier molecular flexibility index (Phi) is 3.69. The van der Waals surface area contributed by atoms with E-state index >= 15 is 0 Å². The molecule has 3 rings (SSSR count). The van der Waals surface area contributed by atoms with Crippen LogP contribution in [0, 0.1) is 11.3 Å². The summed E-state index contributed by atoms with van der Waals surface area (Å²) < 4.78 is 0. The summed E-state index contributed by atoms with van der Waals surface area (Å²) in [5.41, 5.74) is 2.36. The van der Waals surface area contributed by atoms with Gasteiger partial charge in [0, 0.05) is 5.56 Å². The van der Waals surface area contributed by atoms with Gasteiger partial charge in [-0.05, 0) is 17.7 Å². The van der Waals surface area contributed by atoms with Crippen LogP contribution in [0.4, 0.5) is 0 Å². The van der Waals surface area contributed by atoms with Crippen molar-refractivity contribution < 1.29 is 9.90 Å². The van der Waals surface area contributed by atoms with Gasteiger partial charge in [-0.1, -0.05) is 42.5 Å². The molecule has 0 atom stereocenters. The molecule has 1 heterocycles. The van der Waals surface area contributed by atoms with E-state index in [0.29, 0.717) is 10.7 Å². The van der Waals surface area contributed by atoms with Crippen molar-refractivity contribution in [1.29, 1.82) is 5.26 Å². The van der Waals surface area contributed by atoms with E-state index in [0.717, 1.165) is 16.0 Å². The van der Waals surface area contributed by atoms with Gasteiger partial charge < -0.3 is 5.11 Å². The molecule has 2 aromatic carbocycles. The summed E-state index contributed by atoms with van der Waals surface area (Å²) >= 11 is 1.42. The third kappa shape index (κ3) is 2.60. The van der Waals surface area contributed by atoms with Crippen LogP contribution in [-0.2, 0) is 0 Å². The van der Waals surface area contributed by atoms with Crippen molar-refractivity contribution >= 4 is 17.3 Å². The van der Waals surface area contributed by atoms with Gasteiger partial charge >= 0.3 is 5.97 Å². The minimum atomic E-state index is -0.964. The highest BCUT2D eigenvalue weighted by molar-refractivity contribution is 7.18. The number of nitrogens with zero attached hydrogens (tertiary/aromatic N) is 2. The highest BCUT2D eigenvalue weighted by Gasteiger charge is 2.14. The van der Waals surface area contributed by atoms with Crippen LogP contribution in [0.25, 0.3) is 21.0 Å². The lowest BCUT2D eigenvalue weighted by molar-refractivity contribution is 0.0697. The molecule has 0 bridgehead atoms. The zero-order valence-corrected chi connectivity index (χ0v) is 12.2. The molecule has 22 heavy (non-hydrogen) atoms. The second-order valence-electron chi connectivity index (χ2n) is 4.56. The molecular formula is C17H10N2O2S. The van der Waals surface area contributed by atoms with Gasteiger partial charge in [-0.25, -0.2) is 9.78 Å². The van der Waals surface area contributed by atoms with E-state index in [1.807, 2.05) is 30.3 Å². The molecule has 3 aromatic rings. The molecule has 4 nitrogen and oxygen atoms in total. The minimum Gasteiger partial charge on any atom is -0.478 e. The Bertz CT molecular complexity index is 862. The summed E-state index contributed by atoms with van der Waals surface area (Å²) in [4.78, 5) is 16.1. The van der Waals surface area contributed by atoms with Crippen LogP contribution in [-0.4, -0.2) is 16.1 Å². The molecule has 0 spiro atoms. The standard InChI is InChI=1S/C17H10N2O2S/c18-10-14-15(11-4-2-1-3-5-11)22-16(19-14)12-6-8-13(9-7-12)17(20)21/h1-9H,(H,20,21). The van der Waals surface area contributed by atoms with Crippen LogP contribution in [0.5, 0.6) is 0 Å². The van der Waals surface area contributed by atoms with E-state index in [4.69, 9.17) is 5.11 Å². The predicted octanol–water partition coefficient (Wildman–Crippen LogP) is 4.05. The second kappa shape index (κ2) is 5.80. The Morgan fingerprint density at radius 2 is 1.73 bits per heavy atom. The molecule has 0 fully saturated rings. The maximum Gasteiger partial charge on any atom is 0.335 e. The monoisotopic (exact) mass is 306 g/mol. The third-order valence-electron chi connectivity index (χ3n) is 3.15. The number of rotatable bonds is 3. The number of carboxylic acids is 1. The lowest BCUT2D eigenvalue weighted by Gasteiger charge is -1.97. The first-order chi connectivity index (χ1) is 10.7. The number of aromatic nitrogens is 1. The molecule has 0 saturated heterocycles. The topological polar surface area (TPSA) is 74.0 Å². The lowest BCUT2D eigenvalue weighted by atomic mass is 10.1. The number of aromatic carboxylic acids is 1. The number of hydrogen-bond donors (Lipinski definition) is 1. The quantitative estimate of drug-likeness (QED) is 0.792. The smallest absolute Gasteiger partial charge is 0.335 e. The second-order valence-corrected chi connectivity index (χ2v) is 5.56. The van der Waals surface area contributed by atoms with E-state index in [1.165, 1.54) is 23.5 Å². The molecule has 0 radical (unpaired) electrons. The Morgan fingerprint density at radius 3 is 2.32 bits per heavy atom. The molecule has 0 saturated carbocycles. The number of carbonyl (C=O) groups is 1. The average Bonchev–Trinajstić information content (AvgIpc) is 3.00. The normalized spacial score (nSPS) is 10.1. The van der Waals surface area contributed by atoms with E-state index in [-0.39, 0.29) is 5.56 Å². The molecule has 0 aliphatic rings. The average molecular weight is 306 g/mol. The van der Waals surface area contributed by atoms with Crippen LogP contribution in [0.3, 0.4) is 0 Å². The van der Waals surface area contributed by atoms with Crippen molar-refractivity contribution in [2.45, 2.75) is 0 Å². The highest BCUT2D eigenvalue weighted by Crippen LogP contribution is 2.35. The number of nitriles is 1. The summed E-state index contributed by atoms with van der Waals surface area (Å²) in [7, 11) is 0. The summed E-state index contributed by atoms with van der Waals surface area (Å²) in [6, 6.07) is 18.2. The van der Waals surface area contributed by atoms with E-state index < -0.39 is 5.97 Å². The Labute approximate surface area is 130 Å². The zero-order chi connectivity index (χ0) is 15.5. The van der Waals surface area contributed by atoms with Gasteiger partial charge in [0.25, 0.3) is 0 Å². The third-order valence-corrected chi connectivity index (χ3v) is 4.30. The number of carboxylic acid groups (broad SMARTS) is 1. The molecule has 1 N–H and O–H groups in total. The van der Waals surface area contributed by atoms with Crippen LogP contribution in [0.2, 0.25) is 0 Å². The van der Waals surface area contributed by atoms with E-state index in [1.54, 1.807) is 12.1 Å². The Balaban J connectivity index is 2.04. The number of thiazole rings is 1. The summed E-state index contributed by atoms with van der Waals surface area (Å²) in [5.74, 6) is -0.964. The maximum atomic E-state index is 10.9. The maximum absolute atomic E-state index is 10.9. The van der Waals surface area contributed by atoms with E-state index in [9.17, 15) is 10.1 Å². The summed E-state index contributed by atoms with van der Waals surface area (Å²) in [6.07, 6.45) is 0. The first-order valence-electron chi connectivity index (χ1n) is 6.49. The Morgan fingerprint density at radius 1 is 1.05 bits per heavy atom. The van der Waals surface area contributed by atoms with Crippen LogP contribution < -0.4 is 0 Å². The largest absolute Gasteiger partial charge is 0.478 e. The summed E-state index contributed by atoms with van der Waals surface area (Å²) in [5, 5.41) is 18.9. The van der Waals surface area contributed by atoms with Crippen LogP contribution in [0.15, 0.2) is 54.6 Å². The zero-order valence-electron chi connectivity index (χ0n) is 11.4. The van der Waals surface area contributed by atoms with Crippen molar-refractivity contribution in [2.24, 2.45) is 0 Å². The fraction of sp³-hybridized carbons (Fsp3) is 0. The van der Waals surface area contributed by atoms with Gasteiger partial charge in [-0.3, -0.25) is 0 Å². The van der Waals surface area contributed by atoms with Gasteiger partial charge in [-0.15, -0.1) is 11.3 Å². The minimum absolute atomic E-state index is 0.226. The van der Waals surface area contributed by atoms with Gasteiger partial charge in [0.2, 0.25) is 0 Å². The fourth-order valence-electron chi connectivity index (χ4n) is 2.06. The van der Waals surface area contributed by atoms with Gasteiger partial charge in [-0.2, -0.15) is 5.26 Å². The molecule has 5 heteroatoms. The first kappa shape index (κ1) is 14.0. The van der Waals surface area contributed by atoms with Gasteiger partial charge in [0.1, 0.15) is 11.1 Å². The van der Waals surface area contributed by atoms with Crippen molar-refractivity contribution in [3.05, 3.63) is 65.9 Å². The van der Waals surface area contributed by atoms with Crippen molar-refractivity contribution in [1.82, 2.24) is 4.98 Å². The van der Waals surface area contributed by atoms with Crippen LogP contribution in [0.1, 0.15) is 16.1 Å². The highest BCUT2D eigenvalue weighted by atomic mass is 32.1. The fourth-order valence-corrected chi connectivity index (χ4v) is 3.09. The number of benzene rings is 2. The predicted molar refractivity (Wildman–Crippen MR) is 84.7 cm³/mol. The molecule has 106 valence electrons. The number of hydrogen-bond acceptors (Lipinski definition) is 4. The summed E-state index contributed by atoms with van der Waals surface area (Å²) in [6.45, 7) is 0. The SMILES string of the molecule is N#Cc1nc(-c2ccc(C(=O)O)cc2)sc1-c1ccccc1. The Hall–Kier alpha value is -2.97. The lowest BCUT2D eigenvalue weighted by Crippen LogP contribution is -1.94. The first-order valence-corrected chi connectivity index (χ1v) is 7.31. The molecule has 0 unspecified atom stereocenters. The molecule has 1 aromatic heterocycles. The molecule has 0 aliphatic heterocycles. The molecular weight excluding hydrogens is 296 g/mol. The van der Waals surface area contributed by atoms with Crippen molar-refractivity contribution in [3.8, 4) is 27.1 Å². The molecule has 0 aliphatic carbocycles. The van der Waals surface area contributed by atoms with Crippen LogP contribution >= 0.6 is 11.3 Å². The van der Waals surface area contributed by atoms with Gasteiger partial charge in [0.15, 0.2) is 5.69 Å². The van der Waals surface area contributed by atoms with E-state index in [2.05, 4.69) is 11.1 Å².